The second-order valence-electron chi connectivity index (χ2n) is 5.57. The molecule has 0 aliphatic carbocycles. The van der Waals surface area contributed by atoms with Crippen molar-refractivity contribution in [2.24, 2.45) is 0 Å². The summed E-state index contributed by atoms with van der Waals surface area (Å²) < 4.78 is 11.4. The van der Waals surface area contributed by atoms with Crippen molar-refractivity contribution in [2.45, 2.75) is 6.92 Å². The molecule has 124 valence electrons. The molecule has 0 bridgehead atoms. The molecule has 24 heavy (non-hydrogen) atoms. The van der Waals surface area contributed by atoms with Gasteiger partial charge in [-0.2, -0.15) is 0 Å². The molecule has 0 saturated carbocycles. The van der Waals surface area contributed by atoms with Crippen LogP contribution in [0.15, 0.2) is 46.6 Å². The summed E-state index contributed by atoms with van der Waals surface area (Å²) in [4.78, 5) is 4.43. The Balaban J connectivity index is 1.82. The lowest BCUT2D eigenvalue weighted by molar-refractivity contribution is 0.441. The zero-order valence-corrected chi connectivity index (χ0v) is 15.4. The molecule has 1 fully saturated rings. The largest absolute Gasteiger partial charge is 0.457 e. The van der Waals surface area contributed by atoms with Crippen LogP contribution in [0, 0.1) is 0 Å². The Morgan fingerprint density at radius 2 is 1.79 bits per heavy atom. The van der Waals surface area contributed by atoms with Crippen molar-refractivity contribution < 1.29 is 9.15 Å². The van der Waals surface area contributed by atoms with Crippen LogP contribution >= 0.6 is 24.4 Å². The number of likely N-dealkylation sites (N-methyl/N-ethyl adjacent to an activating group) is 1. The fourth-order valence-corrected chi connectivity index (χ4v) is 3.09. The van der Waals surface area contributed by atoms with E-state index in [1.54, 1.807) is 11.0 Å². The van der Waals surface area contributed by atoms with Crippen LogP contribution in [0.4, 0.5) is 5.69 Å². The first-order valence-corrected chi connectivity index (χ1v) is 8.44. The number of benzene rings is 1. The van der Waals surface area contributed by atoms with Crippen LogP contribution in [0.5, 0.6) is 0 Å². The average molecular weight is 358 g/mol. The number of furan rings is 1. The molecular weight excluding hydrogens is 340 g/mol. The van der Waals surface area contributed by atoms with Crippen molar-refractivity contribution in [1.82, 2.24) is 4.90 Å². The number of thiocarbonyl (C=S) groups is 2. The van der Waals surface area contributed by atoms with Gasteiger partial charge in [-0.3, -0.25) is 4.90 Å². The molecule has 0 amide bonds. The standard InChI is InChI=1S/C18H18N2O2S2/c1-4-20-17(23)16(22-18(20)24)11-14-9-10-15(21-14)12-5-7-13(8-6-12)19(2)3/h5-11H,4H2,1-3H3/b16-11-. The van der Waals surface area contributed by atoms with E-state index in [1.807, 2.05) is 45.3 Å². The van der Waals surface area contributed by atoms with E-state index in [9.17, 15) is 0 Å². The molecule has 2 aromatic rings. The van der Waals surface area contributed by atoms with Gasteiger partial charge in [0.2, 0.25) is 0 Å². The maximum atomic E-state index is 5.89. The molecule has 0 radical (unpaired) electrons. The molecular formula is C18H18N2O2S2. The van der Waals surface area contributed by atoms with Crippen molar-refractivity contribution in [3.63, 3.8) is 0 Å². The fraction of sp³-hybridized carbons (Fsp3) is 0.222. The summed E-state index contributed by atoms with van der Waals surface area (Å²) in [5.41, 5.74) is 2.16. The molecule has 1 saturated heterocycles. The first-order chi connectivity index (χ1) is 11.5. The van der Waals surface area contributed by atoms with E-state index in [2.05, 4.69) is 17.0 Å². The molecule has 1 aromatic carbocycles. The summed E-state index contributed by atoms with van der Waals surface area (Å²) in [7, 11) is 4.03. The highest BCUT2D eigenvalue weighted by molar-refractivity contribution is 7.82. The van der Waals surface area contributed by atoms with Crippen LogP contribution in [-0.4, -0.2) is 35.7 Å². The molecule has 2 heterocycles. The van der Waals surface area contributed by atoms with Crippen molar-refractivity contribution in [3.8, 4) is 11.3 Å². The summed E-state index contributed by atoms with van der Waals surface area (Å²) in [5, 5.41) is 0.389. The van der Waals surface area contributed by atoms with E-state index in [-0.39, 0.29) is 0 Å². The fourth-order valence-electron chi connectivity index (χ4n) is 2.41. The number of hydrogen-bond acceptors (Lipinski definition) is 5. The second-order valence-corrected chi connectivity index (χ2v) is 6.31. The smallest absolute Gasteiger partial charge is 0.270 e. The highest BCUT2D eigenvalue weighted by Gasteiger charge is 2.28. The Labute approximate surface area is 152 Å². The predicted molar refractivity (Wildman–Crippen MR) is 105 cm³/mol. The SMILES string of the molecule is CCN1C(=S)O/C(=C\c2ccc(-c3ccc(N(C)C)cc3)o2)C1=S. The van der Waals surface area contributed by atoms with Crippen molar-refractivity contribution in [3.05, 3.63) is 47.9 Å². The Kier molecular flexibility index (Phi) is 4.69. The minimum absolute atomic E-state index is 0.389. The summed E-state index contributed by atoms with van der Waals surface area (Å²) in [6, 6.07) is 12.0. The van der Waals surface area contributed by atoms with E-state index >= 15 is 0 Å². The number of nitrogens with zero attached hydrogens (tertiary/aromatic N) is 2. The van der Waals surface area contributed by atoms with Crippen LogP contribution in [0.25, 0.3) is 17.4 Å². The monoisotopic (exact) mass is 358 g/mol. The molecule has 0 N–H and O–H groups in total. The zero-order valence-electron chi connectivity index (χ0n) is 13.8. The van der Waals surface area contributed by atoms with Crippen molar-refractivity contribution in [1.29, 1.82) is 0 Å². The minimum atomic E-state index is 0.389. The summed E-state index contributed by atoms with van der Waals surface area (Å²) in [6.07, 6.45) is 1.78. The van der Waals surface area contributed by atoms with Gasteiger partial charge in [0, 0.05) is 38.0 Å². The van der Waals surface area contributed by atoms with Gasteiger partial charge in [0.05, 0.1) is 0 Å². The van der Waals surface area contributed by atoms with Crippen LogP contribution in [0.2, 0.25) is 0 Å². The first kappa shape index (κ1) is 16.7. The van der Waals surface area contributed by atoms with E-state index in [1.165, 1.54) is 0 Å². The van der Waals surface area contributed by atoms with Gasteiger partial charge in [0.15, 0.2) is 10.7 Å². The van der Waals surface area contributed by atoms with Crippen LogP contribution in [0.3, 0.4) is 0 Å². The van der Waals surface area contributed by atoms with E-state index in [0.717, 1.165) is 17.0 Å². The summed E-state index contributed by atoms with van der Waals surface area (Å²) in [5.74, 6) is 2.03. The lowest BCUT2D eigenvalue weighted by Crippen LogP contribution is -2.26. The Hall–Kier alpha value is -2.18. The van der Waals surface area contributed by atoms with Gasteiger partial charge in [-0.05, 0) is 55.5 Å². The van der Waals surface area contributed by atoms with Crippen molar-refractivity contribution >= 4 is 46.4 Å². The predicted octanol–water partition coefficient (Wildman–Crippen LogP) is 4.32. The van der Waals surface area contributed by atoms with Crippen molar-refractivity contribution in [2.75, 3.05) is 25.5 Å². The highest BCUT2D eigenvalue weighted by atomic mass is 32.1. The normalized spacial score (nSPS) is 16.0. The number of hydrogen-bond donors (Lipinski definition) is 0. The molecule has 4 nitrogen and oxygen atoms in total. The van der Waals surface area contributed by atoms with Gasteiger partial charge in [0.1, 0.15) is 11.5 Å². The van der Waals surface area contributed by atoms with Gasteiger partial charge in [0.25, 0.3) is 5.17 Å². The van der Waals surface area contributed by atoms with Gasteiger partial charge < -0.3 is 14.1 Å². The third-order valence-corrected chi connectivity index (χ3v) is 4.48. The number of rotatable bonds is 4. The lowest BCUT2D eigenvalue weighted by atomic mass is 10.1. The molecule has 6 heteroatoms. The van der Waals surface area contributed by atoms with E-state index in [4.69, 9.17) is 33.6 Å². The molecule has 1 aliphatic rings. The van der Waals surface area contributed by atoms with Gasteiger partial charge >= 0.3 is 0 Å². The van der Waals surface area contributed by atoms with E-state index in [0.29, 0.717) is 28.2 Å². The third-order valence-electron chi connectivity index (χ3n) is 3.76. The summed E-state index contributed by atoms with van der Waals surface area (Å²) in [6.45, 7) is 2.67. The Bertz CT molecular complexity index is 807. The number of anilines is 1. The molecule has 1 aliphatic heterocycles. The maximum absolute atomic E-state index is 5.89. The van der Waals surface area contributed by atoms with Crippen LogP contribution in [0.1, 0.15) is 12.7 Å². The molecule has 1 aromatic heterocycles. The van der Waals surface area contributed by atoms with Gasteiger partial charge in [-0.15, -0.1) is 0 Å². The third kappa shape index (κ3) is 3.20. The summed E-state index contributed by atoms with van der Waals surface area (Å²) >= 11 is 10.5. The maximum Gasteiger partial charge on any atom is 0.270 e. The highest BCUT2D eigenvalue weighted by Crippen LogP contribution is 2.27. The lowest BCUT2D eigenvalue weighted by Gasteiger charge is -2.12. The molecule has 0 unspecified atom stereocenters. The average Bonchev–Trinajstić information content (AvgIpc) is 3.13. The minimum Gasteiger partial charge on any atom is -0.457 e. The second kappa shape index (κ2) is 6.75. The van der Waals surface area contributed by atoms with Crippen LogP contribution in [-0.2, 0) is 4.74 Å². The topological polar surface area (TPSA) is 28.9 Å². The van der Waals surface area contributed by atoms with Crippen LogP contribution < -0.4 is 4.90 Å². The Morgan fingerprint density at radius 1 is 1.08 bits per heavy atom. The molecule has 0 atom stereocenters. The first-order valence-electron chi connectivity index (χ1n) is 7.62. The van der Waals surface area contributed by atoms with Gasteiger partial charge in [-0.25, -0.2) is 0 Å². The quantitative estimate of drug-likeness (QED) is 0.597. The zero-order chi connectivity index (χ0) is 17.3. The van der Waals surface area contributed by atoms with Gasteiger partial charge in [-0.1, -0.05) is 12.2 Å². The molecule has 3 rings (SSSR count). The number of ether oxygens (including phenoxy) is 1. The van der Waals surface area contributed by atoms with E-state index < -0.39 is 0 Å². The Morgan fingerprint density at radius 3 is 2.38 bits per heavy atom. The molecule has 0 spiro atoms.